The predicted octanol–water partition coefficient (Wildman–Crippen LogP) is 4.19. The summed E-state index contributed by atoms with van der Waals surface area (Å²) in [7, 11) is 1.92. The van der Waals surface area contributed by atoms with E-state index in [1.165, 1.54) is 0 Å². The van der Waals surface area contributed by atoms with Crippen LogP contribution in [0.3, 0.4) is 0 Å². The van der Waals surface area contributed by atoms with Crippen molar-refractivity contribution >= 4 is 11.6 Å². The minimum absolute atomic E-state index is 0.153. The van der Waals surface area contributed by atoms with Crippen LogP contribution in [0, 0.1) is 0 Å². The second-order valence-corrected chi connectivity index (χ2v) is 5.32. The van der Waals surface area contributed by atoms with Crippen molar-refractivity contribution in [1.29, 1.82) is 0 Å². The van der Waals surface area contributed by atoms with Crippen molar-refractivity contribution in [3.8, 4) is 5.75 Å². The van der Waals surface area contributed by atoms with Crippen molar-refractivity contribution in [2.24, 2.45) is 0 Å². The summed E-state index contributed by atoms with van der Waals surface area (Å²) in [6, 6.07) is 6.13. The molecule has 0 aliphatic rings. The van der Waals surface area contributed by atoms with Gasteiger partial charge in [0, 0.05) is 11.1 Å². The fourth-order valence-electron chi connectivity index (χ4n) is 1.47. The van der Waals surface area contributed by atoms with Crippen LogP contribution in [0.1, 0.15) is 45.7 Å². The van der Waals surface area contributed by atoms with Crippen LogP contribution in [0.15, 0.2) is 18.2 Å². The Labute approximate surface area is 109 Å². The maximum atomic E-state index is 6.26. The van der Waals surface area contributed by atoms with Crippen molar-refractivity contribution < 1.29 is 4.74 Å². The largest absolute Gasteiger partial charge is 0.488 e. The van der Waals surface area contributed by atoms with Crippen LogP contribution in [0.2, 0.25) is 5.02 Å². The first-order valence-electron chi connectivity index (χ1n) is 6.05. The molecule has 1 atom stereocenters. The average molecular weight is 256 g/mol. The second kappa shape index (κ2) is 5.74. The molecule has 0 aromatic heterocycles. The molecule has 0 radical (unpaired) electrons. The summed E-state index contributed by atoms with van der Waals surface area (Å²) in [5.41, 5.74) is 0.940. The summed E-state index contributed by atoms with van der Waals surface area (Å²) in [5.74, 6) is 0.828. The highest BCUT2D eigenvalue weighted by molar-refractivity contribution is 6.31. The first kappa shape index (κ1) is 14.3. The Balaban J connectivity index is 2.89. The van der Waals surface area contributed by atoms with Crippen molar-refractivity contribution in [2.45, 2.75) is 45.8 Å². The molecule has 0 spiro atoms. The zero-order chi connectivity index (χ0) is 13.1. The van der Waals surface area contributed by atoms with E-state index in [4.69, 9.17) is 16.3 Å². The average Bonchev–Trinajstić information content (AvgIpc) is 2.28. The van der Waals surface area contributed by atoms with Gasteiger partial charge in [-0.05, 0) is 51.9 Å². The normalized spacial score (nSPS) is 13.5. The van der Waals surface area contributed by atoms with E-state index in [0.717, 1.165) is 22.8 Å². The first-order chi connectivity index (χ1) is 7.89. The molecule has 17 heavy (non-hydrogen) atoms. The van der Waals surface area contributed by atoms with E-state index in [1.54, 1.807) is 0 Å². The minimum Gasteiger partial charge on any atom is -0.488 e. The molecule has 0 heterocycles. The van der Waals surface area contributed by atoms with Crippen molar-refractivity contribution in [3.05, 3.63) is 28.8 Å². The third-order valence-electron chi connectivity index (χ3n) is 3.12. The van der Waals surface area contributed by atoms with E-state index in [0.29, 0.717) is 0 Å². The van der Waals surface area contributed by atoms with Gasteiger partial charge in [-0.25, -0.2) is 0 Å². The third kappa shape index (κ3) is 3.90. The molecule has 0 bridgehead atoms. The van der Waals surface area contributed by atoms with Crippen molar-refractivity contribution in [2.75, 3.05) is 7.05 Å². The van der Waals surface area contributed by atoms with Crippen LogP contribution < -0.4 is 10.1 Å². The molecule has 0 aliphatic heterocycles. The molecule has 0 amide bonds. The van der Waals surface area contributed by atoms with Gasteiger partial charge in [0.15, 0.2) is 0 Å². The van der Waals surface area contributed by atoms with Gasteiger partial charge in [-0.3, -0.25) is 0 Å². The fraction of sp³-hybridized carbons (Fsp3) is 0.571. The zero-order valence-electron chi connectivity index (χ0n) is 11.3. The molecule has 2 nitrogen and oxygen atoms in total. The summed E-state index contributed by atoms with van der Waals surface area (Å²) < 4.78 is 5.90. The quantitative estimate of drug-likeness (QED) is 0.852. The Hall–Kier alpha value is -0.730. The molecule has 0 saturated carbocycles. The lowest BCUT2D eigenvalue weighted by atomic mass is 10.1. The second-order valence-electron chi connectivity index (χ2n) is 4.91. The Bertz CT molecular complexity index is 376. The van der Waals surface area contributed by atoms with E-state index in [9.17, 15) is 0 Å². The van der Waals surface area contributed by atoms with E-state index >= 15 is 0 Å². The molecule has 1 rings (SSSR count). The minimum atomic E-state index is -0.153. The summed E-state index contributed by atoms with van der Waals surface area (Å²) in [6.07, 6.45) is 0.958. The number of benzene rings is 1. The molecule has 1 unspecified atom stereocenters. The van der Waals surface area contributed by atoms with Gasteiger partial charge in [-0.2, -0.15) is 0 Å². The monoisotopic (exact) mass is 255 g/mol. The molecular weight excluding hydrogens is 234 g/mol. The van der Waals surface area contributed by atoms with Gasteiger partial charge >= 0.3 is 0 Å². The molecule has 0 aliphatic carbocycles. The van der Waals surface area contributed by atoms with Crippen LogP contribution in [0.4, 0.5) is 0 Å². The summed E-state index contributed by atoms with van der Waals surface area (Å²) >= 11 is 6.26. The van der Waals surface area contributed by atoms with Gasteiger partial charge < -0.3 is 10.1 Å². The molecule has 0 fully saturated rings. The van der Waals surface area contributed by atoms with Crippen LogP contribution in [0.5, 0.6) is 5.75 Å². The standard InChI is InChI=1S/C14H22ClNO/c1-6-14(3,4)17-11-7-8-12(10(2)16-5)13(15)9-11/h7-10,16H,6H2,1-5H3. The lowest BCUT2D eigenvalue weighted by Gasteiger charge is -2.25. The van der Waals surface area contributed by atoms with Crippen molar-refractivity contribution in [1.82, 2.24) is 5.32 Å². The maximum Gasteiger partial charge on any atom is 0.121 e. The molecule has 1 N–H and O–H groups in total. The maximum absolute atomic E-state index is 6.26. The molecule has 1 aromatic rings. The van der Waals surface area contributed by atoms with Gasteiger partial charge in [0.05, 0.1) is 0 Å². The Morgan fingerprint density at radius 2 is 2.06 bits per heavy atom. The Kier molecular flexibility index (Phi) is 4.84. The van der Waals surface area contributed by atoms with Gasteiger partial charge in [0.25, 0.3) is 0 Å². The van der Waals surface area contributed by atoms with Crippen LogP contribution in [-0.2, 0) is 0 Å². The van der Waals surface area contributed by atoms with Gasteiger partial charge in [-0.1, -0.05) is 24.6 Å². The lowest BCUT2D eigenvalue weighted by Crippen LogP contribution is -2.26. The fourth-order valence-corrected chi connectivity index (χ4v) is 1.80. The van der Waals surface area contributed by atoms with E-state index in [1.807, 2.05) is 25.2 Å². The topological polar surface area (TPSA) is 21.3 Å². The van der Waals surface area contributed by atoms with E-state index in [-0.39, 0.29) is 11.6 Å². The van der Waals surface area contributed by atoms with Gasteiger partial charge in [-0.15, -0.1) is 0 Å². The SMILES string of the molecule is CCC(C)(C)Oc1ccc(C(C)NC)c(Cl)c1. The highest BCUT2D eigenvalue weighted by Gasteiger charge is 2.17. The first-order valence-corrected chi connectivity index (χ1v) is 6.43. The predicted molar refractivity (Wildman–Crippen MR) is 73.9 cm³/mol. The highest BCUT2D eigenvalue weighted by Crippen LogP contribution is 2.29. The molecular formula is C14H22ClNO. The highest BCUT2D eigenvalue weighted by atomic mass is 35.5. The number of hydrogen-bond acceptors (Lipinski definition) is 2. The van der Waals surface area contributed by atoms with Crippen molar-refractivity contribution in [3.63, 3.8) is 0 Å². The number of ether oxygens (including phenoxy) is 1. The summed E-state index contributed by atoms with van der Waals surface area (Å²) in [4.78, 5) is 0. The Morgan fingerprint density at radius 1 is 1.41 bits per heavy atom. The molecule has 3 heteroatoms. The van der Waals surface area contributed by atoms with E-state index in [2.05, 4.69) is 33.0 Å². The summed E-state index contributed by atoms with van der Waals surface area (Å²) in [5, 5.41) is 3.92. The summed E-state index contributed by atoms with van der Waals surface area (Å²) in [6.45, 7) is 8.34. The number of halogens is 1. The lowest BCUT2D eigenvalue weighted by molar-refractivity contribution is 0.105. The van der Waals surface area contributed by atoms with Gasteiger partial charge in [0.1, 0.15) is 11.4 Å². The van der Waals surface area contributed by atoms with Crippen LogP contribution in [0.25, 0.3) is 0 Å². The van der Waals surface area contributed by atoms with Crippen LogP contribution >= 0.6 is 11.6 Å². The zero-order valence-corrected chi connectivity index (χ0v) is 12.1. The number of rotatable bonds is 5. The molecule has 96 valence electrons. The van der Waals surface area contributed by atoms with Gasteiger partial charge in [0.2, 0.25) is 0 Å². The van der Waals surface area contributed by atoms with Crippen LogP contribution in [-0.4, -0.2) is 12.6 Å². The Morgan fingerprint density at radius 3 is 2.53 bits per heavy atom. The molecule has 1 aromatic carbocycles. The number of hydrogen-bond donors (Lipinski definition) is 1. The number of nitrogens with one attached hydrogen (secondary N) is 1. The van der Waals surface area contributed by atoms with E-state index < -0.39 is 0 Å². The molecule has 0 saturated heterocycles. The smallest absolute Gasteiger partial charge is 0.121 e. The third-order valence-corrected chi connectivity index (χ3v) is 3.44.